The maximum atomic E-state index is 12.4. The molecule has 1 N–H and O–H groups in total. The summed E-state index contributed by atoms with van der Waals surface area (Å²) in [5.74, 6) is 0.385. The molecule has 0 aromatic heterocycles. The Kier molecular flexibility index (Phi) is 5.74. The number of nitrogens with one attached hydrogen (secondary N) is 1. The second kappa shape index (κ2) is 6.88. The molecular weight excluding hydrogens is 283 g/mol. The Morgan fingerprint density at radius 1 is 1.25 bits per heavy atom. The number of allylic oxidation sites excluding steroid dienone is 2. The lowest BCUT2D eigenvalue weighted by Crippen LogP contribution is -2.04. The monoisotopic (exact) mass is 301 g/mol. The van der Waals surface area contributed by atoms with Crippen LogP contribution in [0.3, 0.4) is 0 Å². The second-order valence-electron chi connectivity index (χ2n) is 4.57. The topological polar surface area (TPSA) is 12.0 Å². The van der Waals surface area contributed by atoms with Gasteiger partial charge in [-0.1, -0.05) is 38.3 Å². The molecule has 0 aliphatic carbocycles. The average molecular weight is 301 g/mol. The molecule has 0 saturated heterocycles. The zero-order valence-electron chi connectivity index (χ0n) is 11.7. The lowest BCUT2D eigenvalue weighted by atomic mass is 10.2. The molecule has 1 rings (SSSR count). The van der Waals surface area contributed by atoms with E-state index in [1.807, 2.05) is 13.0 Å². The summed E-state index contributed by atoms with van der Waals surface area (Å²) in [6, 6.07) is 4.91. The largest absolute Gasteiger partial charge is 0.416 e. The first-order valence-corrected chi connectivity index (χ1v) is 7.03. The van der Waals surface area contributed by atoms with Crippen molar-refractivity contribution in [3.8, 4) is 0 Å². The first-order chi connectivity index (χ1) is 9.24. The Balaban J connectivity index is 2.68. The Morgan fingerprint density at radius 3 is 2.20 bits per heavy atom. The van der Waals surface area contributed by atoms with Crippen molar-refractivity contribution in [3.63, 3.8) is 0 Å². The predicted molar refractivity (Wildman–Crippen MR) is 80.4 cm³/mol. The van der Waals surface area contributed by atoms with E-state index in [1.54, 1.807) is 0 Å². The molecule has 0 aliphatic heterocycles. The minimum Gasteiger partial charge on any atom is -0.350 e. The molecule has 20 heavy (non-hydrogen) atoms. The van der Waals surface area contributed by atoms with Crippen LogP contribution in [0.2, 0.25) is 0 Å². The SMILES string of the molecule is C=C(Nc1ccc(C(F)(F)F)cc1)S/C(=C\C)C(C)C. The molecule has 0 heterocycles. The van der Waals surface area contributed by atoms with E-state index in [2.05, 4.69) is 25.7 Å². The molecule has 5 heteroatoms. The standard InChI is InChI=1S/C15H18F3NS/c1-5-14(10(2)3)20-11(4)19-13-8-6-12(7-9-13)15(16,17)18/h5-10,19H,4H2,1-3H3/b14-5-. The number of hydrogen-bond donors (Lipinski definition) is 1. The highest BCUT2D eigenvalue weighted by Crippen LogP contribution is 2.32. The fraction of sp³-hybridized carbons (Fsp3) is 0.333. The van der Waals surface area contributed by atoms with Gasteiger partial charge in [-0.25, -0.2) is 0 Å². The summed E-state index contributed by atoms with van der Waals surface area (Å²) in [5, 5.41) is 3.69. The number of rotatable bonds is 5. The summed E-state index contributed by atoms with van der Waals surface area (Å²) in [6.45, 7) is 9.99. The molecule has 110 valence electrons. The van der Waals surface area contributed by atoms with Gasteiger partial charge >= 0.3 is 6.18 Å². The van der Waals surface area contributed by atoms with Crippen LogP contribution in [0.15, 0.2) is 46.9 Å². The molecule has 0 radical (unpaired) electrons. The maximum absolute atomic E-state index is 12.4. The highest BCUT2D eigenvalue weighted by atomic mass is 32.2. The van der Waals surface area contributed by atoms with Gasteiger partial charge in [0, 0.05) is 5.69 Å². The van der Waals surface area contributed by atoms with Crippen LogP contribution in [0, 0.1) is 5.92 Å². The van der Waals surface area contributed by atoms with Gasteiger partial charge in [-0.3, -0.25) is 0 Å². The van der Waals surface area contributed by atoms with E-state index in [1.165, 1.54) is 23.9 Å². The van der Waals surface area contributed by atoms with Gasteiger partial charge < -0.3 is 5.32 Å². The van der Waals surface area contributed by atoms with Crippen LogP contribution >= 0.6 is 11.8 Å². The predicted octanol–water partition coefficient (Wildman–Crippen LogP) is 5.88. The van der Waals surface area contributed by atoms with E-state index >= 15 is 0 Å². The summed E-state index contributed by atoms with van der Waals surface area (Å²) < 4.78 is 37.3. The van der Waals surface area contributed by atoms with Crippen molar-refractivity contribution in [1.29, 1.82) is 0 Å². The van der Waals surface area contributed by atoms with Crippen LogP contribution in [0.25, 0.3) is 0 Å². The van der Waals surface area contributed by atoms with Crippen molar-refractivity contribution in [3.05, 3.63) is 52.4 Å². The number of halogens is 3. The third-order valence-corrected chi connectivity index (χ3v) is 3.88. The normalized spacial score (nSPS) is 12.7. The minimum absolute atomic E-state index is 0.385. The third-order valence-electron chi connectivity index (χ3n) is 2.59. The molecule has 0 atom stereocenters. The van der Waals surface area contributed by atoms with Crippen molar-refractivity contribution in [2.45, 2.75) is 26.9 Å². The second-order valence-corrected chi connectivity index (χ2v) is 5.74. The highest BCUT2D eigenvalue weighted by Gasteiger charge is 2.29. The highest BCUT2D eigenvalue weighted by molar-refractivity contribution is 8.06. The molecule has 0 amide bonds. The molecule has 1 aromatic carbocycles. The van der Waals surface area contributed by atoms with Gasteiger partial charge in [0.1, 0.15) is 0 Å². The Labute approximate surface area is 122 Å². The average Bonchev–Trinajstić information content (AvgIpc) is 2.35. The Bertz CT molecular complexity index is 487. The molecule has 0 bridgehead atoms. The summed E-state index contributed by atoms with van der Waals surface area (Å²) >= 11 is 1.49. The van der Waals surface area contributed by atoms with E-state index in [0.717, 1.165) is 17.0 Å². The van der Waals surface area contributed by atoms with Gasteiger partial charge in [0.2, 0.25) is 0 Å². The van der Waals surface area contributed by atoms with E-state index in [9.17, 15) is 13.2 Å². The molecule has 1 aromatic rings. The Morgan fingerprint density at radius 2 is 1.80 bits per heavy atom. The number of alkyl halides is 3. The lowest BCUT2D eigenvalue weighted by Gasteiger charge is -2.14. The summed E-state index contributed by atoms with van der Waals surface area (Å²) in [5.41, 5.74) is -0.0626. The molecule has 0 fully saturated rings. The number of thioether (sulfide) groups is 1. The van der Waals surface area contributed by atoms with Crippen LogP contribution in [-0.2, 0) is 6.18 Å². The van der Waals surface area contributed by atoms with Crippen LogP contribution < -0.4 is 5.32 Å². The first kappa shape index (κ1) is 16.7. The number of hydrogen-bond acceptors (Lipinski definition) is 2. The van der Waals surface area contributed by atoms with Gasteiger partial charge in [0.05, 0.1) is 10.6 Å². The van der Waals surface area contributed by atoms with Crippen LogP contribution in [0.4, 0.5) is 18.9 Å². The molecule has 0 spiro atoms. The van der Waals surface area contributed by atoms with Crippen LogP contribution in [-0.4, -0.2) is 0 Å². The van der Waals surface area contributed by atoms with Crippen molar-refractivity contribution in [2.75, 3.05) is 5.32 Å². The van der Waals surface area contributed by atoms with Crippen LogP contribution in [0.1, 0.15) is 26.3 Å². The van der Waals surface area contributed by atoms with E-state index in [4.69, 9.17) is 0 Å². The number of anilines is 1. The van der Waals surface area contributed by atoms with Crippen molar-refractivity contribution in [2.24, 2.45) is 5.92 Å². The van der Waals surface area contributed by atoms with E-state index < -0.39 is 11.7 Å². The summed E-state index contributed by atoms with van der Waals surface area (Å²) in [7, 11) is 0. The lowest BCUT2D eigenvalue weighted by molar-refractivity contribution is -0.137. The zero-order chi connectivity index (χ0) is 15.3. The minimum atomic E-state index is -4.31. The molecule has 1 nitrogen and oxygen atoms in total. The molecular formula is C15H18F3NS. The quantitative estimate of drug-likeness (QED) is 0.728. The van der Waals surface area contributed by atoms with Crippen molar-refractivity contribution in [1.82, 2.24) is 0 Å². The van der Waals surface area contributed by atoms with Gasteiger partial charge in [0.15, 0.2) is 0 Å². The van der Waals surface area contributed by atoms with Gasteiger partial charge in [0.25, 0.3) is 0 Å². The fourth-order valence-corrected chi connectivity index (χ4v) is 2.39. The zero-order valence-corrected chi connectivity index (χ0v) is 12.5. The molecule has 0 saturated carbocycles. The summed E-state index contributed by atoms with van der Waals surface area (Å²) in [6.07, 6.45) is -2.30. The third kappa shape index (κ3) is 4.96. The number of benzene rings is 1. The molecule has 0 unspecified atom stereocenters. The fourth-order valence-electron chi connectivity index (χ4n) is 1.58. The maximum Gasteiger partial charge on any atom is 0.416 e. The van der Waals surface area contributed by atoms with Gasteiger partial charge in [-0.15, -0.1) is 0 Å². The van der Waals surface area contributed by atoms with Crippen molar-refractivity contribution >= 4 is 17.4 Å². The van der Waals surface area contributed by atoms with E-state index in [0.29, 0.717) is 16.6 Å². The van der Waals surface area contributed by atoms with E-state index in [-0.39, 0.29) is 0 Å². The van der Waals surface area contributed by atoms with Crippen LogP contribution in [0.5, 0.6) is 0 Å². The smallest absolute Gasteiger partial charge is 0.350 e. The summed E-state index contributed by atoms with van der Waals surface area (Å²) in [4.78, 5) is 1.16. The first-order valence-electron chi connectivity index (χ1n) is 6.21. The molecule has 0 aliphatic rings. The van der Waals surface area contributed by atoms with Crippen molar-refractivity contribution < 1.29 is 13.2 Å². The van der Waals surface area contributed by atoms with Gasteiger partial charge in [-0.05, 0) is 42.0 Å². The van der Waals surface area contributed by atoms with Gasteiger partial charge in [-0.2, -0.15) is 13.2 Å². The Hall–Kier alpha value is -1.36.